The van der Waals surface area contributed by atoms with Gasteiger partial charge in [0.1, 0.15) is 23.7 Å². The van der Waals surface area contributed by atoms with Gasteiger partial charge in [-0.1, -0.05) is 57.2 Å². The zero-order valence-corrected chi connectivity index (χ0v) is 34.8. The van der Waals surface area contributed by atoms with E-state index < -0.39 is 95.3 Å². The zero-order chi connectivity index (χ0) is 42.9. The molecule has 0 radical (unpaired) electrons. The minimum absolute atomic E-state index is 0.000946. The van der Waals surface area contributed by atoms with Gasteiger partial charge in [0.15, 0.2) is 17.7 Å². The molecule has 3 aliphatic heterocycles. The van der Waals surface area contributed by atoms with Crippen molar-refractivity contribution in [3.8, 4) is 11.3 Å². The van der Waals surface area contributed by atoms with E-state index >= 15 is 4.39 Å². The molecular weight excluding hydrogens is 755 g/mol. The number of Topliss-reactive ketones (excluding diaryl/α,β-unsaturated/α-hetero) is 2. The summed E-state index contributed by atoms with van der Waals surface area (Å²) in [5, 5.41) is 19.4. The minimum Gasteiger partial charge on any atom is -0.455 e. The maximum absolute atomic E-state index is 16.8. The van der Waals surface area contributed by atoms with E-state index in [0.717, 1.165) is 12.5 Å². The molecule has 4 heterocycles. The number of fused-ring (bicyclic) bond motifs is 1. The first kappa shape index (κ1) is 44.8. The lowest BCUT2D eigenvalue weighted by Gasteiger charge is -2.46. The number of methoxy groups -OCH3 is 1. The first-order valence-electron chi connectivity index (χ1n) is 19.9. The molecule has 3 fully saturated rings. The van der Waals surface area contributed by atoms with Crippen molar-refractivity contribution in [3.63, 3.8) is 0 Å². The van der Waals surface area contributed by atoms with E-state index in [1.165, 1.54) is 18.9 Å². The number of amides is 1. The lowest BCUT2D eigenvalue weighted by Crippen LogP contribution is -2.61. The topological polar surface area (TPSA) is 221 Å². The molecule has 13 atom stereocenters. The van der Waals surface area contributed by atoms with Crippen LogP contribution in [0.5, 0.6) is 0 Å². The average molecular weight is 815 g/mol. The number of aliphatic hydroxyl groups is 1. The second kappa shape index (κ2) is 17.5. The number of hydrogen-bond donors (Lipinski definition) is 3. The number of allylic oxidation sites excluding steroid dienone is 1. The third-order valence-electron chi connectivity index (χ3n) is 12.1. The second-order valence-electron chi connectivity index (χ2n) is 16.6. The Bertz CT molecular complexity index is 1860. The van der Waals surface area contributed by atoms with Crippen molar-refractivity contribution >= 4 is 29.3 Å². The number of rotatable bonds is 9. The van der Waals surface area contributed by atoms with Crippen molar-refractivity contribution < 1.29 is 52.4 Å². The Balaban J connectivity index is 1.48. The average Bonchev–Trinajstić information content (AvgIpc) is 3.75. The van der Waals surface area contributed by atoms with Gasteiger partial charge in [0.2, 0.25) is 0 Å². The molecule has 58 heavy (non-hydrogen) atoms. The highest BCUT2D eigenvalue weighted by atomic mass is 19.1. The number of aromatic nitrogens is 3. The third-order valence-corrected chi connectivity index (χ3v) is 12.1. The van der Waals surface area contributed by atoms with Crippen molar-refractivity contribution in [1.29, 1.82) is 0 Å². The van der Waals surface area contributed by atoms with Gasteiger partial charge in [0, 0.05) is 48.7 Å². The van der Waals surface area contributed by atoms with Crippen LogP contribution >= 0.6 is 0 Å². The van der Waals surface area contributed by atoms with Gasteiger partial charge in [0.05, 0.1) is 36.6 Å². The van der Waals surface area contributed by atoms with Crippen LogP contribution < -0.4 is 11.5 Å². The number of hydrogen-bond acceptors (Lipinski definition) is 14. The van der Waals surface area contributed by atoms with E-state index in [1.807, 2.05) is 12.1 Å². The lowest BCUT2D eigenvalue weighted by atomic mass is 9.73. The second-order valence-corrected chi connectivity index (χ2v) is 16.6. The van der Waals surface area contributed by atoms with Gasteiger partial charge >= 0.3 is 12.1 Å². The van der Waals surface area contributed by atoms with Gasteiger partial charge in [0.25, 0.3) is 5.67 Å². The van der Waals surface area contributed by atoms with Crippen LogP contribution in [-0.2, 0) is 44.6 Å². The van der Waals surface area contributed by atoms with Gasteiger partial charge < -0.3 is 40.3 Å². The maximum Gasteiger partial charge on any atom is 0.411 e. The molecule has 2 aromatic rings. The Kier molecular flexibility index (Phi) is 13.5. The maximum atomic E-state index is 16.8. The number of alkyl halides is 1. The van der Waals surface area contributed by atoms with Crippen molar-refractivity contribution in [3.05, 3.63) is 42.6 Å². The van der Waals surface area contributed by atoms with Crippen LogP contribution in [0.3, 0.4) is 0 Å². The Hall–Kier alpha value is -4.29. The minimum atomic E-state index is -3.21. The predicted octanol–water partition coefficient (Wildman–Crippen LogP) is 3.78. The van der Waals surface area contributed by atoms with Crippen LogP contribution in [-0.4, -0.2) is 122 Å². The van der Waals surface area contributed by atoms with Crippen LogP contribution in [0.4, 0.5) is 14.9 Å². The van der Waals surface area contributed by atoms with Crippen LogP contribution in [0, 0.1) is 17.8 Å². The number of benzene rings is 1. The third kappa shape index (κ3) is 8.83. The summed E-state index contributed by atoms with van der Waals surface area (Å²) in [6.45, 7) is 12.5. The highest BCUT2D eigenvalue weighted by Gasteiger charge is 2.61. The van der Waals surface area contributed by atoms with Crippen molar-refractivity contribution in [2.45, 2.75) is 141 Å². The number of nitrogens with two attached hydrogens (primary N) is 2. The number of carbonyl (C=O) groups excluding carboxylic acids is 4. The van der Waals surface area contributed by atoms with E-state index in [1.54, 1.807) is 76.7 Å². The molecule has 0 spiro atoms. The summed E-state index contributed by atoms with van der Waals surface area (Å²) in [5.41, 5.74) is 7.78. The summed E-state index contributed by atoms with van der Waals surface area (Å²) in [6.07, 6.45) is -0.836. The van der Waals surface area contributed by atoms with E-state index in [4.69, 9.17) is 35.2 Å². The first-order valence-corrected chi connectivity index (χ1v) is 19.9. The number of halogens is 1. The zero-order valence-electron chi connectivity index (χ0n) is 34.8. The molecular formula is C41H59FN6O10. The number of anilines is 1. The molecule has 0 saturated carbocycles. The summed E-state index contributed by atoms with van der Waals surface area (Å²) >= 11 is 0. The molecule has 1 aromatic carbocycles. The SMILES string of the molecule is CC[C@H]1OC(=O)[C@@](C)(F)C(=O)[C@H](C)[C@@H](O[C@@H]2OC(C)CC(N)C2O)[C@](C)(OC)C[C@@H](C)C(=O)[C@H](C)[C@H]2N(C/C=C\Cn3cc(-c4cccc(N)c4)nn3)C(=O)O[C@]12C. The Morgan fingerprint density at radius 1 is 1.07 bits per heavy atom. The number of carbonyl (C=O) groups is 4. The van der Waals surface area contributed by atoms with Gasteiger partial charge in [-0.05, 0) is 59.1 Å². The van der Waals surface area contributed by atoms with Crippen LogP contribution in [0.2, 0.25) is 0 Å². The number of cyclic esters (lactones) is 1. The number of aliphatic hydroxyl groups excluding tert-OH is 1. The van der Waals surface area contributed by atoms with E-state index in [-0.39, 0.29) is 25.2 Å². The van der Waals surface area contributed by atoms with Crippen LogP contribution in [0.15, 0.2) is 42.6 Å². The summed E-state index contributed by atoms with van der Waals surface area (Å²) in [5.74, 6) is -6.05. The lowest BCUT2D eigenvalue weighted by molar-refractivity contribution is -0.288. The highest BCUT2D eigenvalue weighted by Crippen LogP contribution is 2.43. The first-order chi connectivity index (χ1) is 27.2. The quantitative estimate of drug-likeness (QED) is 0.142. The van der Waals surface area contributed by atoms with Gasteiger partial charge in [-0.15, -0.1) is 5.10 Å². The molecule has 16 nitrogen and oxygen atoms in total. The summed E-state index contributed by atoms with van der Waals surface area (Å²) in [7, 11) is 1.37. The Labute approximate surface area is 338 Å². The van der Waals surface area contributed by atoms with Crippen molar-refractivity contribution in [2.75, 3.05) is 19.4 Å². The van der Waals surface area contributed by atoms with E-state index in [9.17, 15) is 24.3 Å². The molecule has 5 N–H and O–H groups in total. The van der Waals surface area contributed by atoms with Crippen LogP contribution in [0.25, 0.3) is 11.3 Å². The number of ether oxygens (including phenoxy) is 5. The molecule has 320 valence electrons. The molecule has 3 saturated heterocycles. The predicted molar refractivity (Wildman–Crippen MR) is 209 cm³/mol. The largest absolute Gasteiger partial charge is 0.455 e. The molecule has 17 heteroatoms. The van der Waals surface area contributed by atoms with Gasteiger partial charge in [-0.2, -0.15) is 0 Å². The normalized spacial score (nSPS) is 38.0. The molecule has 0 aliphatic carbocycles. The standard InChI is InChI=1S/C41H59FN6O10/c1-10-30-41(8)33(48(38(53)58-41)17-12-11-16-47-21-29(45-46-47)26-14-13-15-27(43)19-26)24(4)31(49)22(2)20-39(6,54-9)35(25(5)34(51)40(7,42)37(52)56-30)57-36-32(50)28(44)18-23(3)55-36/h11-15,19,21-25,28,30,32-33,35-36,50H,10,16-18,20,43-44H2,1-9H3/b12-11-/t22-,23?,24+,25+,28?,30-,32?,33-,35-,36+,39-,40+,41-/m1/s1. The molecule has 5 rings (SSSR count). The van der Waals surface area contributed by atoms with Crippen molar-refractivity contribution in [2.24, 2.45) is 23.5 Å². The Morgan fingerprint density at radius 2 is 1.76 bits per heavy atom. The molecule has 3 unspecified atom stereocenters. The fourth-order valence-corrected chi connectivity index (χ4v) is 8.81. The monoisotopic (exact) mass is 814 g/mol. The Morgan fingerprint density at radius 3 is 2.41 bits per heavy atom. The summed E-state index contributed by atoms with van der Waals surface area (Å²) < 4.78 is 48.4. The fraction of sp³-hybridized carbons (Fsp3) is 0.659. The number of nitrogens with zero attached hydrogens (tertiary/aromatic N) is 4. The number of esters is 1. The van der Waals surface area contributed by atoms with Gasteiger partial charge in [-0.25, -0.2) is 18.7 Å². The fourth-order valence-electron chi connectivity index (χ4n) is 8.81. The number of nitrogen functional groups attached to an aromatic ring is 1. The molecule has 1 amide bonds. The molecule has 1 aromatic heterocycles. The van der Waals surface area contributed by atoms with Crippen molar-refractivity contribution in [1.82, 2.24) is 19.9 Å². The molecule has 3 aliphatic rings. The summed E-state index contributed by atoms with van der Waals surface area (Å²) in [4.78, 5) is 57.7. The smallest absolute Gasteiger partial charge is 0.411 e. The summed E-state index contributed by atoms with van der Waals surface area (Å²) in [6, 6.07) is 5.53. The number of ketones is 2. The van der Waals surface area contributed by atoms with E-state index in [2.05, 4.69) is 10.3 Å². The van der Waals surface area contributed by atoms with E-state index in [0.29, 0.717) is 24.3 Å². The highest BCUT2D eigenvalue weighted by molar-refractivity contribution is 6.08. The molecule has 0 bridgehead atoms. The van der Waals surface area contributed by atoms with Crippen LogP contribution in [0.1, 0.15) is 74.7 Å². The van der Waals surface area contributed by atoms with Gasteiger partial charge in [-0.3, -0.25) is 14.5 Å².